The van der Waals surface area contributed by atoms with E-state index in [2.05, 4.69) is 15.5 Å². The quantitative estimate of drug-likeness (QED) is 0.490. The van der Waals surface area contributed by atoms with E-state index in [-0.39, 0.29) is 11.0 Å². The highest BCUT2D eigenvalue weighted by molar-refractivity contribution is 7.80. The molecular formula is C26H34N4O5S. The fourth-order valence-electron chi connectivity index (χ4n) is 3.89. The molecular weight excluding hydrogens is 480 g/mol. The molecule has 2 N–H and O–H groups in total. The van der Waals surface area contributed by atoms with Crippen LogP contribution in [0.4, 0.5) is 11.4 Å². The van der Waals surface area contributed by atoms with Gasteiger partial charge in [0, 0.05) is 50.0 Å². The molecule has 2 aromatic rings. The molecule has 194 valence electrons. The standard InChI is InChI=1S/C26H34N4O5S/c1-5-33-22-16-19(17-23(34-6-2)24(22)35-7-3)25(32)28-26(36)27-20-8-10-21(11-9-20)30-14-12-29(13-15-30)18(4)31/h8-11,16-17H,5-7,12-15H2,1-4H3,(H2,27,28,32,36). The maximum absolute atomic E-state index is 12.9. The fraction of sp³-hybridized carbons (Fsp3) is 0.423. The van der Waals surface area contributed by atoms with Crippen molar-refractivity contribution < 1.29 is 23.8 Å². The van der Waals surface area contributed by atoms with E-state index in [9.17, 15) is 9.59 Å². The van der Waals surface area contributed by atoms with E-state index >= 15 is 0 Å². The van der Waals surface area contributed by atoms with Crippen LogP contribution >= 0.6 is 12.2 Å². The van der Waals surface area contributed by atoms with Crippen LogP contribution < -0.4 is 29.7 Å². The van der Waals surface area contributed by atoms with Gasteiger partial charge in [-0.1, -0.05) is 0 Å². The predicted molar refractivity (Wildman–Crippen MR) is 145 cm³/mol. The summed E-state index contributed by atoms with van der Waals surface area (Å²) in [4.78, 5) is 28.6. The highest BCUT2D eigenvalue weighted by atomic mass is 32.1. The van der Waals surface area contributed by atoms with Crippen molar-refractivity contribution >= 4 is 40.5 Å². The van der Waals surface area contributed by atoms with Gasteiger partial charge < -0.3 is 29.3 Å². The van der Waals surface area contributed by atoms with E-state index in [0.29, 0.717) is 55.7 Å². The van der Waals surface area contributed by atoms with Crippen LogP contribution in [0.15, 0.2) is 36.4 Å². The summed E-state index contributed by atoms with van der Waals surface area (Å²) in [6, 6.07) is 11.0. The number of hydrogen-bond acceptors (Lipinski definition) is 7. The van der Waals surface area contributed by atoms with Crippen molar-refractivity contribution in [1.29, 1.82) is 0 Å². The Hall–Kier alpha value is -3.53. The Kier molecular flexibility index (Phi) is 9.75. The van der Waals surface area contributed by atoms with Crippen molar-refractivity contribution in [3.05, 3.63) is 42.0 Å². The zero-order valence-electron chi connectivity index (χ0n) is 21.3. The highest BCUT2D eigenvalue weighted by Gasteiger charge is 2.20. The van der Waals surface area contributed by atoms with E-state index in [4.69, 9.17) is 26.4 Å². The molecule has 0 atom stereocenters. The monoisotopic (exact) mass is 514 g/mol. The number of hydrogen-bond donors (Lipinski definition) is 2. The second-order valence-corrected chi connectivity index (χ2v) is 8.46. The molecule has 1 aliphatic heterocycles. The summed E-state index contributed by atoms with van der Waals surface area (Å²) in [6.07, 6.45) is 0. The lowest BCUT2D eigenvalue weighted by molar-refractivity contribution is -0.129. The van der Waals surface area contributed by atoms with Crippen molar-refractivity contribution in [2.75, 3.05) is 56.2 Å². The van der Waals surface area contributed by atoms with E-state index in [1.54, 1.807) is 19.1 Å². The van der Waals surface area contributed by atoms with Crippen LogP contribution in [0.25, 0.3) is 0 Å². The highest BCUT2D eigenvalue weighted by Crippen LogP contribution is 2.39. The van der Waals surface area contributed by atoms with Gasteiger partial charge in [-0.2, -0.15) is 0 Å². The van der Waals surface area contributed by atoms with E-state index < -0.39 is 5.91 Å². The van der Waals surface area contributed by atoms with Crippen LogP contribution in [0, 0.1) is 0 Å². The third kappa shape index (κ3) is 7.00. The van der Waals surface area contributed by atoms with Gasteiger partial charge in [-0.25, -0.2) is 0 Å². The topological polar surface area (TPSA) is 92.4 Å². The molecule has 0 aliphatic carbocycles. The lowest BCUT2D eigenvalue weighted by Crippen LogP contribution is -2.48. The molecule has 3 rings (SSSR count). The van der Waals surface area contributed by atoms with Gasteiger partial charge in [-0.15, -0.1) is 0 Å². The van der Waals surface area contributed by atoms with Crippen LogP contribution in [0.5, 0.6) is 17.2 Å². The summed E-state index contributed by atoms with van der Waals surface area (Å²) in [5, 5.41) is 5.93. The number of nitrogens with one attached hydrogen (secondary N) is 2. The number of anilines is 2. The Bertz CT molecular complexity index is 1040. The number of benzene rings is 2. The number of carbonyl (C=O) groups is 2. The number of ether oxygens (including phenoxy) is 3. The van der Waals surface area contributed by atoms with Gasteiger partial charge in [-0.05, 0) is 69.4 Å². The molecule has 0 bridgehead atoms. The number of rotatable bonds is 9. The number of thiocarbonyl (C=S) groups is 1. The van der Waals surface area contributed by atoms with Crippen molar-refractivity contribution in [2.24, 2.45) is 0 Å². The van der Waals surface area contributed by atoms with Crippen LogP contribution in [-0.4, -0.2) is 67.8 Å². The van der Waals surface area contributed by atoms with Crippen molar-refractivity contribution in [3.8, 4) is 17.2 Å². The molecule has 0 aromatic heterocycles. The third-order valence-corrected chi connectivity index (χ3v) is 5.82. The van der Waals surface area contributed by atoms with Crippen LogP contribution in [-0.2, 0) is 4.79 Å². The maximum Gasteiger partial charge on any atom is 0.257 e. The van der Waals surface area contributed by atoms with Gasteiger partial charge in [0.25, 0.3) is 5.91 Å². The zero-order chi connectivity index (χ0) is 26.1. The minimum atomic E-state index is -0.391. The maximum atomic E-state index is 12.9. The van der Waals surface area contributed by atoms with Gasteiger partial charge in [-0.3, -0.25) is 14.9 Å². The van der Waals surface area contributed by atoms with E-state index in [1.165, 1.54) is 0 Å². The number of nitrogens with zero attached hydrogens (tertiary/aromatic N) is 2. The summed E-state index contributed by atoms with van der Waals surface area (Å²) in [7, 11) is 0. The molecule has 0 radical (unpaired) electrons. The fourth-order valence-corrected chi connectivity index (χ4v) is 4.10. The summed E-state index contributed by atoms with van der Waals surface area (Å²) in [5.74, 6) is 1.07. The van der Waals surface area contributed by atoms with Crippen molar-refractivity contribution in [1.82, 2.24) is 10.2 Å². The van der Waals surface area contributed by atoms with Crippen LogP contribution in [0.3, 0.4) is 0 Å². The Labute approximate surface area is 217 Å². The SMILES string of the molecule is CCOc1cc(C(=O)NC(=S)Nc2ccc(N3CCN(C(C)=O)CC3)cc2)cc(OCC)c1OCC. The normalized spacial score (nSPS) is 13.1. The predicted octanol–water partition coefficient (Wildman–Crippen LogP) is 3.68. The van der Waals surface area contributed by atoms with Crippen LogP contribution in [0.1, 0.15) is 38.1 Å². The second kappa shape index (κ2) is 13.0. The molecule has 1 heterocycles. The van der Waals surface area contributed by atoms with Gasteiger partial charge >= 0.3 is 0 Å². The molecule has 9 nitrogen and oxygen atoms in total. The summed E-state index contributed by atoms with van der Waals surface area (Å²) in [6.45, 7) is 11.5. The van der Waals surface area contributed by atoms with Crippen molar-refractivity contribution in [3.63, 3.8) is 0 Å². The lowest BCUT2D eigenvalue weighted by Gasteiger charge is -2.35. The van der Waals surface area contributed by atoms with Gasteiger partial charge in [0.1, 0.15) is 0 Å². The summed E-state index contributed by atoms with van der Waals surface area (Å²) < 4.78 is 17.1. The van der Waals surface area contributed by atoms with Gasteiger partial charge in [0.2, 0.25) is 11.7 Å². The molecule has 0 spiro atoms. The average molecular weight is 515 g/mol. The lowest BCUT2D eigenvalue weighted by atomic mass is 10.1. The van der Waals surface area contributed by atoms with Gasteiger partial charge in [0.05, 0.1) is 19.8 Å². The Morgan fingerprint density at radius 1 is 0.889 bits per heavy atom. The molecule has 0 unspecified atom stereocenters. The molecule has 2 aromatic carbocycles. The zero-order valence-corrected chi connectivity index (χ0v) is 22.1. The minimum Gasteiger partial charge on any atom is -0.490 e. The third-order valence-electron chi connectivity index (χ3n) is 5.61. The minimum absolute atomic E-state index is 0.109. The van der Waals surface area contributed by atoms with E-state index in [1.807, 2.05) is 49.9 Å². The summed E-state index contributed by atoms with van der Waals surface area (Å²) >= 11 is 5.37. The number of piperazine rings is 1. The van der Waals surface area contributed by atoms with Crippen molar-refractivity contribution in [2.45, 2.75) is 27.7 Å². The Morgan fingerprint density at radius 3 is 1.94 bits per heavy atom. The van der Waals surface area contributed by atoms with Crippen LogP contribution in [0.2, 0.25) is 0 Å². The molecule has 2 amide bonds. The number of amides is 2. The average Bonchev–Trinajstić information content (AvgIpc) is 2.86. The molecule has 10 heteroatoms. The first-order chi connectivity index (χ1) is 17.4. The summed E-state index contributed by atoms with van der Waals surface area (Å²) in [5.41, 5.74) is 2.16. The molecule has 1 saturated heterocycles. The Morgan fingerprint density at radius 2 is 1.44 bits per heavy atom. The van der Waals surface area contributed by atoms with E-state index in [0.717, 1.165) is 24.5 Å². The molecule has 36 heavy (non-hydrogen) atoms. The first-order valence-electron chi connectivity index (χ1n) is 12.2. The number of carbonyl (C=O) groups excluding carboxylic acids is 2. The van der Waals surface area contributed by atoms with Gasteiger partial charge in [0.15, 0.2) is 16.6 Å². The second-order valence-electron chi connectivity index (χ2n) is 8.05. The molecule has 0 saturated carbocycles. The Balaban J connectivity index is 1.63. The largest absolute Gasteiger partial charge is 0.490 e. The smallest absolute Gasteiger partial charge is 0.257 e. The first-order valence-corrected chi connectivity index (χ1v) is 12.6. The first kappa shape index (κ1) is 27.1. The molecule has 1 fully saturated rings. The molecule has 1 aliphatic rings.